The fourth-order valence-corrected chi connectivity index (χ4v) is 3.65. The Kier molecular flexibility index (Phi) is 8.20. The van der Waals surface area contributed by atoms with Gasteiger partial charge in [-0.05, 0) is 68.1 Å². The standard InChI is InChI=1S/C25H31N3O2S/c1-4-30-13-5-12-26-25(31)28(16-20-9-6-18(2)7-10-20)17-22-15-21-11-8-19(3)14-23(21)27-24(22)29/h6-11,14-15H,4-5,12-13,16-17H2,1-3H3,(H,26,31)(H,27,29). The van der Waals surface area contributed by atoms with Gasteiger partial charge in [-0.1, -0.05) is 42.0 Å². The summed E-state index contributed by atoms with van der Waals surface area (Å²) in [5.74, 6) is 0. The molecule has 0 atom stereocenters. The van der Waals surface area contributed by atoms with Gasteiger partial charge in [-0.2, -0.15) is 0 Å². The van der Waals surface area contributed by atoms with Crippen molar-refractivity contribution in [2.24, 2.45) is 0 Å². The molecule has 6 heteroatoms. The zero-order chi connectivity index (χ0) is 22.2. The highest BCUT2D eigenvalue weighted by Crippen LogP contribution is 2.15. The molecule has 1 heterocycles. The van der Waals surface area contributed by atoms with Gasteiger partial charge in [-0.15, -0.1) is 0 Å². The van der Waals surface area contributed by atoms with Gasteiger partial charge in [0.1, 0.15) is 0 Å². The molecule has 0 radical (unpaired) electrons. The van der Waals surface area contributed by atoms with E-state index in [-0.39, 0.29) is 5.56 Å². The average Bonchev–Trinajstić information content (AvgIpc) is 2.75. The normalized spacial score (nSPS) is 10.9. The molecule has 1 aromatic heterocycles. The molecule has 2 aromatic carbocycles. The first-order chi connectivity index (χ1) is 15.0. The second-order valence-corrected chi connectivity index (χ2v) is 8.23. The van der Waals surface area contributed by atoms with Crippen LogP contribution in [0, 0.1) is 13.8 Å². The Balaban J connectivity index is 1.79. The predicted octanol–water partition coefficient (Wildman–Crippen LogP) is 4.45. The first kappa shape index (κ1) is 23.0. The maximum absolute atomic E-state index is 12.8. The van der Waals surface area contributed by atoms with Crippen molar-refractivity contribution in [3.63, 3.8) is 0 Å². The maximum Gasteiger partial charge on any atom is 0.253 e. The van der Waals surface area contributed by atoms with Gasteiger partial charge in [-0.25, -0.2) is 0 Å². The first-order valence-corrected chi connectivity index (χ1v) is 11.2. The van der Waals surface area contributed by atoms with Crippen LogP contribution in [-0.4, -0.2) is 34.8 Å². The Hall–Kier alpha value is -2.70. The van der Waals surface area contributed by atoms with E-state index < -0.39 is 0 Å². The van der Waals surface area contributed by atoms with E-state index in [1.54, 1.807) is 0 Å². The van der Waals surface area contributed by atoms with Crippen molar-refractivity contribution in [2.45, 2.75) is 40.3 Å². The summed E-state index contributed by atoms with van der Waals surface area (Å²) in [5, 5.41) is 4.98. The van der Waals surface area contributed by atoms with E-state index in [4.69, 9.17) is 17.0 Å². The minimum Gasteiger partial charge on any atom is -0.382 e. The molecular weight excluding hydrogens is 406 g/mol. The molecule has 0 aliphatic rings. The summed E-state index contributed by atoms with van der Waals surface area (Å²) in [6, 6.07) is 16.5. The van der Waals surface area contributed by atoms with E-state index in [2.05, 4.69) is 47.6 Å². The molecule has 0 aliphatic carbocycles. The van der Waals surface area contributed by atoms with Crippen LogP contribution in [0.1, 0.15) is 35.6 Å². The van der Waals surface area contributed by atoms with Crippen molar-refractivity contribution in [2.75, 3.05) is 19.8 Å². The summed E-state index contributed by atoms with van der Waals surface area (Å²) in [7, 11) is 0. The Bertz CT molecular complexity index is 1080. The second kappa shape index (κ2) is 11.1. The summed E-state index contributed by atoms with van der Waals surface area (Å²) in [6.07, 6.45) is 0.877. The average molecular weight is 438 g/mol. The maximum atomic E-state index is 12.8. The van der Waals surface area contributed by atoms with Gasteiger partial charge < -0.3 is 19.9 Å². The SMILES string of the molecule is CCOCCCNC(=S)N(Cc1ccc(C)cc1)Cc1cc2ccc(C)cc2[nH]c1=O. The number of pyridine rings is 1. The van der Waals surface area contributed by atoms with Crippen LogP contribution >= 0.6 is 12.2 Å². The van der Waals surface area contributed by atoms with E-state index in [1.807, 2.05) is 36.9 Å². The Labute approximate surface area is 189 Å². The van der Waals surface area contributed by atoms with Crippen molar-refractivity contribution in [1.82, 2.24) is 15.2 Å². The van der Waals surface area contributed by atoms with Crippen LogP contribution in [0.25, 0.3) is 10.9 Å². The van der Waals surface area contributed by atoms with Gasteiger partial charge in [-0.3, -0.25) is 4.79 Å². The quantitative estimate of drug-likeness (QED) is 0.383. The first-order valence-electron chi connectivity index (χ1n) is 10.7. The van der Waals surface area contributed by atoms with E-state index in [1.165, 1.54) is 5.56 Å². The van der Waals surface area contributed by atoms with Crippen molar-refractivity contribution in [3.8, 4) is 0 Å². The Morgan fingerprint density at radius 2 is 1.81 bits per heavy atom. The number of aryl methyl sites for hydroxylation is 2. The van der Waals surface area contributed by atoms with E-state index in [0.717, 1.165) is 35.0 Å². The minimum absolute atomic E-state index is 0.0776. The predicted molar refractivity (Wildman–Crippen MR) is 131 cm³/mol. The highest BCUT2D eigenvalue weighted by Gasteiger charge is 2.14. The number of ether oxygens (including phenoxy) is 1. The van der Waals surface area contributed by atoms with Gasteiger partial charge in [0, 0.05) is 37.4 Å². The third kappa shape index (κ3) is 6.64. The molecule has 0 amide bonds. The molecule has 164 valence electrons. The van der Waals surface area contributed by atoms with Crippen LogP contribution in [-0.2, 0) is 17.8 Å². The van der Waals surface area contributed by atoms with Gasteiger partial charge in [0.05, 0.1) is 6.54 Å². The molecule has 31 heavy (non-hydrogen) atoms. The molecule has 3 rings (SSSR count). The molecule has 0 fully saturated rings. The molecule has 0 saturated carbocycles. The number of fused-ring (bicyclic) bond motifs is 1. The summed E-state index contributed by atoms with van der Waals surface area (Å²) < 4.78 is 5.40. The molecule has 5 nitrogen and oxygen atoms in total. The number of nitrogens with zero attached hydrogens (tertiary/aromatic N) is 1. The second-order valence-electron chi connectivity index (χ2n) is 7.84. The highest BCUT2D eigenvalue weighted by molar-refractivity contribution is 7.80. The van der Waals surface area contributed by atoms with E-state index in [0.29, 0.717) is 37.0 Å². The van der Waals surface area contributed by atoms with Crippen molar-refractivity contribution < 1.29 is 4.74 Å². The largest absolute Gasteiger partial charge is 0.382 e. The zero-order valence-corrected chi connectivity index (χ0v) is 19.3. The van der Waals surface area contributed by atoms with Crippen LogP contribution < -0.4 is 10.9 Å². The van der Waals surface area contributed by atoms with E-state index >= 15 is 0 Å². The summed E-state index contributed by atoms with van der Waals surface area (Å²) in [6.45, 7) is 9.29. The zero-order valence-electron chi connectivity index (χ0n) is 18.5. The molecule has 0 spiro atoms. The lowest BCUT2D eigenvalue weighted by Crippen LogP contribution is -2.40. The lowest BCUT2D eigenvalue weighted by atomic mass is 10.1. The van der Waals surface area contributed by atoms with Crippen LogP contribution in [0.5, 0.6) is 0 Å². The monoisotopic (exact) mass is 437 g/mol. The Morgan fingerprint density at radius 1 is 1.06 bits per heavy atom. The fourth-order valence-electron chi connectivity index (χ4n) is 3.42. The van der Waals surface area contributed by atoms with Crippen LogP contribution in [0.4, 0.5) is 0 Å². The number of hydrogen-bond donors (Lipinski definition) is 2. The number of H-pyrrole nitrogens is 1. The highest BCUT2D eigenvalue weighted by atomic mass is 32.1. The molecule has 3 aromatic rings. The molecule has 0 saturated heterocycles. The minimum atomic E-state index is -0.0776. The van der Waals surface area contributed by atoms with Gasteiger partial charge >= 0.3 is 0 Å². The van der Waals surface area contributed by atoms with Crippen molar-refractivity contribution in [1.29, 1.82) is 0 Å². The molecule has 0 unspecified atom stereocenters. The number of aromatic nitrogens is 1. The third-order valence-corrected chi connectivity index (χ3v) is 5.57. The number of rotatable bonds is 9. The van der Waals surface area contributed by atoms with Gasteiger partial charge in [0.2, 0.25) is 0 Å². The smallest absolute Gasteiger partial charge is 0.253 e. The number of nitrogens with one attached hydrogen (secondary N) is 2. The molecule has 0 aliphatic heterocycles. The topological polar surface area (TPSA) is 57.4 Å². The number of hydrogen-bond acceptors (Lipinski definition) is 3. The van der Waals surface area contributed by atoms with Gasteiger partial charge in [0.25, 0.3) is 5.56 Å². The Morgan fingerprint density at radius 3 is 2.55 bits per heavy atom. The van der Waals surface area contributed by atoms with Crippen molar-refractivity contribution in [3.05, 3.63) is 81.1 Å². The number of benzene rings is 2. The van der Waals surface area contributed by atoms with Crippen LogP contribution in [0.3, 0.4) is 0 Å². The summed E-state index contributed by atoms with van der Waals surface area (Å²) >= 11 is 5.70. The fraction of sp³-hybridized carbons (Fsp3) is 0.360. The molecule has 0 bridgehead atoms. The molecular formula is C25H31N3O2S. The van der Waals surface area contributed by atoms with E-state index in [9.17, 15) is 4.79 Å². The lowest BCUT2D eigenvalue weighted by molar-refractivity contribution is 0.145. The number of aromatic amines is 1. The summed E-state index contributed by atoms with van der Waals surface area (Å²) in [4.78, 5) is 17.8. The van der Waals surface area contributed by atoms with Crippen molar-refractivity contribution >= 4 is 28.2 Å². The number of thiocarbonyl (C=S) groups is 1. The van der Waals surface area contributed by atoms with Crippen LogP contribution in [0.2, 0.25) is 0 Å². The molecule has 2 N–H and O–H groups in total. The summed E-state index contributed by atoms with van der Waals surface area (Å²) in [5.41, 5.74) is 4.96. The van der Waals surface area contributed by atoms with Crippen LogP contribution in [0.15, 0.2) is 53.3 Å². The van der Waals surface area contributed by atoms with Gasteiger partial charge in [0.15, 0.2) is 5.11 Å². The third-order valence-electron chi connectivity index (χ3n) is 5.17. The lowest BCUT2D eigenvalue weighted by Gasteiger charge is -2.26.